The standard InChI is InChI=1S/C23H20ClFN2/c1-2-18-14-16-6-3-4-9-23(16)27(18)19-12-10-17(11-13-19)26-15-20-21(24)7-5-8-22(20)25/h3-14,26H,2,15H2,1H3. The summed E-state index contributed by atoms with van der Waals surface area (Å²) in [6.45, 7) is 2.51. The van der Waals surface area contributed by atoms with E-state index in [-0.39, 0.29) is 5.82 Å². The molecule has 1 aromatic heterocycles. The molecule has 4 aromatic rings. The van der Waals surface area contributed by atoms with Crippen molar-refractivity contribution in [3.05, 3.63) is 94.9 Å². The van der Waals surface area contributed by atoms with Gasteiger partial charge in [0.05, 0.1) is 5.52 Å². The van der Waals surface area contributed by atoms with Crippen molar-refractivity contribution in [3.63, 3.8) is 0 Å². The molecule has 0 fully saturated rings. The predicted octanol–water partition coefficient (Wildman–Crippen LogP) is 6.60. The fourth-order valence-corrected chi connectivity index (χ4v) is 3.63. The normalized spacial score (nSPS) is 11.1. The van der Waals surface area contributed by atoms with E-state index in [4.69, 9.17) is 11.6 Å². The highest BCUT2D eigenvalue weighted by atomic mass is 35.5. The Kier molecular flexibility index (Phi) is 4.87. The summed E-state index contributed by atoms with van der Waals surface area (Å²) in [7, 11) is 0. The molecule has 0 aliphatic heterocycles. The summed E-state index contributed by atoms with van der Waals surface area (Å²) in [5.41, 5.74) is 4.99. The summed E-state index contributed by atoms with van der Waals surface area (Å²) in [6, 6.07) is 23.6. The van der Waals surface area contributed by atoms with E-state index in [2.05, 4.69) is 59.3 Å². The SMILES string of the molecule is CCc1cc2ccccc2n1-c1ccc(NCc2c(F)cccc2Cl)cc1. The van der Waals surface area contributed by atoms with E-state index in [0.717, 1.165) is 17.8 Å². The summed E-state index contributed by atoms with van der Waals surface area (Å²) in [4.78, 5) is 0. The van der Waals surface area contributed by atoms with Gasteiger partial charge in [0, 0.05) is 39.6 Å². The molecule has 4 rings (SSSR count). The molecule has 0 amide bonds. The zero-order chi connectivity index (χ0) is 18.8. The third-order valence-corrected chi connectivity index (χ3v) is 5.16. The molecule has 0 unspecified atom stereocenters. The molecule has 136 valence electrons. The van der Waals surface area contributed by atoms with Crippen LogP contribution in [-0.2, 0) is 13.0 Å². The number of nitrogens with zero attached hydrogens (tertiary/aromatic N) is 1. The van der Waals surface area contributed by atoms with Crippen LogP contribution in [0, 0.1) is 5.82 Å². The van der Waals surface area contributed by atoms with Crippen LogP contribution in [0.1, 0.15) is 18.2 Å². The van der Waals surface area contributed by atoms with Gasteiger partial charge in [-0.1, -0.05) is 42.8 Å². The highest BCUT2D eigenvalue weighted by Crippen LogP contribution is 2.26. The largest absolute Gasteiger partial charge is 0.381 e. The lowest BCUT2D eigenvalue weighted by Crippen LogP contribution is -2.03. The predicted molar refractivity (Wildman–Crippen MR) is 111 cm³/mol. The van der Waals surface area contributed by atoms with Gasteiger partial charge in [-0.3, -0.25) is 0 Å². The first kappa shape index (κ1) is 17.6. The Bertz CT molecular complexity index is 1060. The van der Waals surface area contributed by atoms with Crippen molar-refractivity contribution < 1.29 is 4.39 Å². The zero-order valence-corrected chi connectivity index (χ0v) is 15.8. The van der Waals surface area contributed by atoms with Crippen molar-refractivity contribution >= 4 is 28.2 Å². The number of hydrogen-bond donors (Lipinski definition) is 1. The van der Waals surface area contributed by atoms with Crippen LogP contribution in [0.4, 0.5) is 10.1 Å². The van der Waals surface area contributed by atoms with Crippen molar-refractivity contribution in [2.45, 2.75) is 19.9 Å². The Labute approximate surface area is 163 Å². The van der Waals surface area contributed by atoms with Gasteiger partial charge < -0.3 is 9.88 Å². The Morgan fingerprint density at radius 1 is 0.963 bits per heavy atom. The van der Waals surface area contributed by atoms with Gasteiger partial charge in [0.2, 0.25) is 0 Å². The molecule has 2 nitrogen and oxygen atoms in total. The Balaban J connectivity index is 1.60. The van der Waals surface area contributed by atoms with Gasteiger partial charge in [-0.05, 0) is 55.0 Å². The summed E-state index contributed by atoms with van der Waals surface area (Å²) in [5, 5.41) is 4.92. The molecular formula is C23H20ClFN2. The molecule has 0 bridgehead atoms. The second-order valence-corrected chi connectivity index (χ2v) is 6.89. The molecule has 1 heterocycles. The number of fused-ring (bicyclic) bond motifs is 1. The molecule has 27 heavy (non-hydrogen) atoms. The summed E-state index contributed by atoms with van der Waals surface area (Å²) < 4.78 is 16.2. The van der Waals surface area contributed by atoms with Crippen LogP contribution in [-0.4, -0.2) is 4.57 Å². The Morgan fingerprint density at radius 2 is 1.74 bits per heavy atom. The lowest BCUT2D eigenvalue weighted by molar-refractivity contribution is 0.613. The number of aryl methyl sites for hydroxylation is 1. The van der Waals surface area contributed by atoms with Crippen LogP contribution >= 0.6 is 11.6 Å². The van der Waals surface area contributed by atoms with Crippen molar-refractivity contribution in [2.24, 2.45) is 0 Å². The highest BCUT2D eigenvalue weighted by Gasteiger charge is 2.10. The molecule has 0 atom stereocenters. The third kappa shape index (κ3) is 3.43. The smallest absolute Gasteiger partial charge is 0.129 e. The van der Waals surface area contributed by atoms with Crippen molar-refractivity contribution in [2.75, 3.05) is 5.32 Å². The van der Waals surface area contributed by atoms with Crippen LogP contribution in [0.25, 0.3) is 16.6 Å². The monoisotopic (exact) mass is 378 g/mol. The molecule has 0 saturated carbocycles. The van der Waals surface area contributed by atoms with E-state index in [0.29, 0.717) is 17.1 Å². The van der Waals surface area contributed by atoms with Crippen molar-refractivity contribution in [1.82, 2.24) is 4.57 Å². The van der Waals surface area contributed by atoms with Crippen LogP contribution in [0.2, 0.25) is 5.02 Å². The van der Waals surface area contributed by atoms with Crippen molar-refractivity contribution in [3.8, 4) is 5.69 Å². The number of para-hydroxylation sites is 1. The first-order chi connectivity index (χ1) is 13.2. The van der Waals surface area contributed by atoms with Gasteiger partial charge in [0.25, 0.3) is 0 Å². The molecule has 0 radical (unpaired) electrons. The minimum absolute atomic E-state index is 0.294. The van der Waals surface area contributed by atoms with Gasteiger partial charge in [0.1, 0.15) is 5.82 Å². The number of aromatic nitrogens is 1. The summed E-state index contributed by atoms with van der Waals surface area (Å²) in [5.74, 6) is -0.294. The molecule has 4 heteroatoms. The maximum absolute atomic E-state index is 13.9. The van der Waals surface area contributed by atoms with E-state index >= 15 is 0 Å². The number of halogens is 2. The Hall–Kier alpha value is -2.78. The summed E-state index contributed by atoms with van der Waals surface area (Å²) in [6.07, 6.45) is 0.959. The number of rotatable bonds is 5. The van der Waals surface area contributed by atoms with Gasteiger partial charge in [-0.2, -0.15) is 0 Å². The minimum Gasteiger partial charge on any atom is -0.381 e. The van der Waals surface area contributed by atoms with E-state index in [9.17, 15) is 4.39 Å². The molecule has 0 saturated heterocycles. The molecular weight excluding hydrogens is 359 g/mol. The van der Waals surface area contributed by atoms with Crippen LogP contribution in [0.3, 0.4) is 0 Å². The van der Waals surface area contributed by atoms with Crippen LogP contribution in [0.5, 0.6) is 0 Å². The van der Waals surface area contributed by atoms with E-state index < -0.39 is 0 Å². The number of anilines is 1. The third-order valence-electron chi connectivity index (χ3n) is 4.81. The Morgan fingerprint density at radius 3 is 2.48 bits per heavy atom. The maximum atomic E-state index is 13.9. The first-order valence-electron chi connectivity index (χ1n) is 9.04. The average Bonchev–Trinajstić information content (AvgIpc) is 3.07. The maximum Gasteiger partial charge on any atom is 0.129 e. The first-order valence-corrected chi connectivity index (χ1v) is 9.41. The highest BCUT2D eigenvalue weighted by molar-refractivity contribution is 6.31. The number of hydrogen-bond acceptors (Lipinski definition) is 1. The second-order valence-electron chi connectivity index (χ2n) is 6.48. The fourth-order valence-electron chi connectivity index (χ4n) is 3.40. The lowest BCUT2D eigenvalue weighted by Gasteiger charge is -2.12. The minimum atomic E-state index is -0.294. The summed E-state index contributed by atoms with van der Waals surface area (Å²) >= 11 is 6.09. The van der Waals surface area contributed by atoms with Gasteiger partial charge in [0.15, 0.2) is 0 Å². The number of benzene rings is 3. The van der Waals surface area contributed by atoms with Crippen molar-refractivity contribution in [1.29, 1.82) is 0 Å². The van der Waals surface area contributed by atoms with Crippen LogP contribution in [0.15, 0.2) is 72.8 Å². The lowest BCUT2D eigenvalue weighted by atomic mass is 10.2. The molecule has 0 spiro atoms. The van der Waals surface area contributed by atoms with E-state index in [1.54, 1.807) is 12.1 Å². The zero-order valence-electron chi connectivity index (χ0n) is 15.0. The van der Waals surface area contributed by atoms with Crippen LogP contribution < -0.4 is 5.32 Å². The number of nitrogens with one attached hydrogen (secondary N) is 1. The second kappa shape index (κ2) is 7.45. The van der Waals surface area contributed by atoms with E-state index in [1.807, 2.05) is 12.1 Å². The van der Waals surface area contributed by atoms with E-state index in [1.165, 1.54) is 22.7 Å². The quantitative estimate of drug-likeness (QED) is 0.414. The topological polar surface area (TPSA) is 17.0 Å². The van der Waals surface area contributed by atoms with Gasteiger partial charge in [-0.15, -0.1) is 0 Å². The molecule has 0 aliphatic carbocycles. The van der Waals surface area contributed by atoms with Gasteiger partial charge in [-0.25, -0.2) is 4.39 Å². The molecule has 0 aliphatic rings. The average molecular weight is 379 g/mol. The van der Waals surface area contributed by atoms with Gasteiger partial charge >= 0.3 is 0 Å². The fraction of sp³-hybridized carbons (Fsp3) is 0.130. The molecule has 3 aromatic carbocycles. The molecule has 1 N–H and O–H groups in total.